The van der Waals surface area contributed by atoms with Crippen molar-refractivity contribution in [3.63, 3.8) is 0 Å². The maximum absolute atomic E-state index is 6.02. The van der Waals surface area contributed by atoms with Gasteiger partial charge in [0, 0.05) is 6.54 Å². The smallest absolute Gasteiger partial charge is 0.0704 e. The lowest BCUT2D eigenvalue weighted by Crippen LogP contribution is -2.42. The molecule has 0 spiro atoms. The molecule has 1 heterocycles. The van der Waals surface area contributed by atoms with E-state index in [4.69, 9.17) is 10.5 Å². The normalized spacial score (nSPS) is 43.0. The quantitative estimate of drug-likeness (QED) is 0.682. The minimum Gasteiger partial charge on any atom is -0.370 e. The van der Waals surface area contributed by atoms with Crippen molar-refractivity contribution in [2.24, 2.45) is 11.7 Å². The largest absolute Gasteiger partial charge is 0.370 e. The third kappa shape index (κ3) is 1.50. The van der Waals surface area contributed by atoms with E-state index >= 15 is 0 Å². The molecule has 12 heavy (non-hydrogen) atoms. The first-order chi connectivity index (χ1) is 5.74. The van der Waals surface area contributed by atoms with E-state index in [0.29, 0.717) is 12.6 Å². The van der Waals surface area contributed by atoms with Gasteiger partial charge in [-0.1, -0.05) is 0 Å². The predicted octanol–water partition coefficient (Wildman–Crippen LogP) is 1.68. The van der Waals surface area contributed by atoms with E-state index in [1.54, 1.807) is 0 Å². The van der Waals surface area contributed by atoms with Crippen molar-refractivity contribution >= 4 is 0 Å². The van der Waals surface area contributed by atoms with Crippen LogP contribution in [-0.2, 0) is 4.74 Å². The van der Waals surface area contributed by atoms with Crippen LogP contribution in [0.2, 0.25) is 0 Å². The summed E-state index contributed by atoms with van der Waals surface area (Å²) in [5.74, 6) is 0.840. The van der Waals surface area contributed by atoms with Crippen LogP contribution in [0.25, 0.3) is 0 Å². The summed E-state index contributed by atoms with van der Waals surface area (Å²) >= 11 is 0. The predicted molar refractivity (Wildman–Crippen MR) is 48.9 cm³/mol. The van der Waals surface area contributed by atoms with Crippen LogP contribution in [0.4, 0.5) is 0 Å². The molecular weight excluding hydrogens is 150 g/mol. The van der Waals surface area contributed by atoms with E-state index in [1.807, 2.05) is 0 Å². The monoisotopic (exact) mass is 169 g/mol. The SMILES string of the molecule is CC1(C2CC2)CCCC(CN)O1. The molecule has 2 heteroatoms. The van der Waals surface area contributed by atoms with Gasteiger partial charge in [0.05, 0.1) is 11.7 Å². The summed E-state index contributed by atoms with van der Waals surface area (Å²) in [5.41, 5.74) is 5.80. The topological polar surface area (TPSA) is 35.2 Å². The molecule has 1 aliphatic heterocycles. The molecule has 2 unspecified atom stereocenters. The van der Waals surface area contributed by atoms with Gasteiger partial charge in [0.25, 0.3) is 0 Å². The Labute approximate surface area is 74.5 Å². The molecule has 0 aromatic heterocycles. The molecular formula is C10H19NO. The molecule has 0 amide bonds. The molecule has 0 aromatic carbocycles. The fourth-order valence-corrected chi connectivity index (χ4v) is 2.34. The van der Waals surface area contributed by atoms with Gasteiger partial charge in [-0.15, -0.1) is 0 Å². The van der Waals surface area contributed by atoms with Crippen LogP contribution in [0.5, 0.6) is 0 Å². The van der Waals surface area contributed by atoms with Crippen molar-refractivity contribution in [3.8, 4) is 0 Å². The zero-order valence-corrected chi connectivity index (χ0v) is 7.88. The third-order valence-corrected chi connectivity index (χ3v) is 3.34. The summed E-state index contributed by atoms with van der Waals surface area (Å²) in [6, 6.07) is 0. The van der Waals surface area contributed by atoms with Crippen LogP contribution < -0.4 is 5.73 Å². The summed E-state index contributed by atoms with van der Waals surface area (Å²) in [6.07, 6.45) is 6.79. The third-order valence-electron chi connectivity index (χ3n) is 3.34. The van der Waals surface area contributed by atoms with Gasteiger partial charge in [-0.25, -0.2) is 0 Å². The van der Waals surface area contributed by atoms with Crippen molar-refractivity contribution < 1.29 is 4.74 Å². The summed E-state index contributed by atoms with van der Waals surface area (Å²) in [6.45, 7) is 2.97. The van der Waals surface area contributed by atoms with E-state index < -0.39 is 0 Å². The fourth-order valence-electron chi connectivity index (χ4n) is 2.34. The molecule has 0 radical (unpaired) electrons. The van der Waals surface area contributed by atoms with E-state index in [-0.39, 0.29) is 5.60 Å². The lowest BCUT2D eigenvalue weighted by atomic mass is 9.89. The Morgan fingerprint density at radius 1 is 1.42 bits per heavy atom. The van der Waals surface area contributed by atoms with Gasteiger partial charge in [-0.05, 0) is 44.9 Å². The summed E-state index contributed by atoms with van der Waals surface area (Å²) in [4.78, 5) is 0. The standard InChI is InChI=1S/C10H19NO/c1-10(8-4-5-8)6-2-3-9(7-11)12-10/h8-9H,2-7,11H2,1H3. The number of rotatable bonds is 2. The Morgan fingerprint density at radius 3 is 2.75 bits per heavy atom. The molecule has 2 atom stereocenters. The number of hydrogen-bond acceptors (Lipinski definition) is 2. The first-order valence-electron chi connectivity index (χ1n) is 5.12. The van der Waals surface area contributed by atoms with Gasteiger partial charge in [-0.2, -0.15) is 0 Å². The lowest BCUT2D eigenvalue weighted by molar-refractivity contribution is -0.126. The van der Waals surface area contributed by atoms with Crippen molar-refractivity contribution in [1.29, 1.82) is 0 Å². The molecule has 2 N–H and O–H groups in total. The van der Waals surface area contributed by atoms with E-state index in [0.717, 1.165) is 5.92 Å². The molecule has 2 fully saturated rings. The average Bonchev–Trinajstić information content (AvgIpc) is 2.86. The Balaban J connectivity index is 1.96. The maximum Gasteiger partial charge on any atom is 0.0704 e. The van der Waals surface area contributed by atoms with Crippen LogP contribution in [0.15, 0.2) is 0 Å². The minimum atomic E-state index is 0.183. The summed E-state index contributed by atoms with van der Waals surface area (Å²) in [7, 11) is 0. The number of nitrogens with two attached hydrogens (primary N) is 1. The maximum atomic E-state index is 6.02. The van der Waals surface area contributed by atoms with Crippen LogP contribution in [0.3, 0.4) is 0 Å². The molecule has 2 aliphatic rings. The van der Waals surface area contributed by atoms with Crippen molar-refractivity contribution in [2.75, 3.05) is 6.54 Å². The van der Waals surface area contributed by atoms with Gasteiger partial charge in [0.1, 0.15) is 0 Å². The van der Waals surface area contributed by atoms with Crippen LogP contribution in [0, 0.1) is 5.92 Å². The zero-order valence-electron chi connectivity index (χ0n) is 7.88. The first kappa shape index (κ1) is 8.52. The van der Waals surface area contributed by atoms with Gasteiger partial charge in [0.15, 0.2) is 0 Å². The highest BCUT2D eigenvalue weighted by atomic mass is 16.5. The number of ether oxygens (including phenoxy) is 1. The second kappa shape index (κ2) is 3.00. The lowest BCUT2D eigenvalue weighted by Gasteiger charge is -2.38. The molecule has 1 saturated heterocycles. The van der Waals surface area contributed by atoms with E-state index in [9.17, 15) is 0 Å². The van der Waals surface area contributed by atoms with Crippen LogP contribution >= 0.6 is 0 Å². The Morgan fingerprint density at radius 2 is 2.17 bits per heavy atom. The second-order valence-electron chi connectivity index (χ2n) is 4.45. The van der Waals surface area contributed by atoms with Crippen LogP contribution in [0.1, 0.15) is 39.0 Å². The zero-order chi connectivity index (χ0) is 8.60. The molecule has 70 valence electrons. The molecule has 1 saturated carbocycles. The Kier molecular flexibility index (Phi) is 2.13. The van der Waals surface area contributed by atoms with E-state index in [1.165, 1.54) is 32.1 Å². The highest BCUT2D eigenvalue weighted by Gasteiger charge is 2.45. The van der Waals surface area contributed by atoms with Gasteiger partial charge in [0.2, 0.25) is 0 Å². The summed E-state index contributed by atoms with van der Waals surface area (Å²) < 4.78 is 6.02. The molecule has 2 rings (SSSR count). The van der Waals surface area contributed by atoms with Crippen LogP contribution in [-0.4, -0.2) is 18.2 Å². The highest BCUT2D eigenvalue weighted by Crippen LogP contribution is 2.47. The summed E-state index contributed by atoms with van der Waals surface area (Å²) in [5, 5.41) is 0. The molecule has 0 bridgehead atoms. The van der Waals surface area contributed by atoms with E-state index in [2.05, 4.69) is 6.92 Å². The van der Waals surface area contributed by atoms with Gasteiger partial charge in [-0.3, -0.25) is 0 Å². The van der Waals surface area contributed by atoms with Crippen molar-refractivity contribution in [3.05, 3.63) is 0 Å². The number of hydrogen-bond donors (Lipinski definition) is 1. The molecule has 1 aliphatic carbocycles. The Bertz CT molecular complexity index is 167. The molecule has 2 nitrogen and oxygen atoms in total. The fraction of sp³-hybridized carbons (Fsp3) is 1.00. The second-order valence-corrected chi connectivity index (χ2v) is 4.45. The first-order valence-corrected chi connectivity index (χ1v) is 5.12. The average molecular weight is 169 g/mol. The van der Waals surface area contributed by atoms with Gasteiger partial charge < -0.3 is 10.5 Å². The molecule has 0 aromatic rings. The van der Waals surface area contributed by atoms with Crippen molar-refractivity contribution in [2.45, 2.75) is 50.7 Å². The highest BCUT2D eigenvalue weighted by molar-refractivity contribution is 4.95. The Hall–Kier alpha value is -0.0800. The minimum absolute atomic E-state index is 0.183. The van der Waals surface area contributed by atoms with Crippen molar-refractivity contribution in [1.82, 2.24) is 0 Å². The van der Waals surface area contributed by atoms with Gasteiger partial charge >= 0.3 is 0 Å².